The lowest BCUT2D eigenvalue weighted by Crippen LogP contribution is -2.49. The molecule has 3 fully saturated rings. The predicted octanol–water partition coefficient (Wildman–Crippen LogP) is 2.86. The molecule has 0 bridgehead atoms. The Balaban J connectivity index is 1.33. The van der Waals surface area contributed by atoms with Gasteiger partial charge in [-0.1, -0.05) is 12.8 Å². The number of fused-ring (bicyclic) bond motifs is 1. The van der Waals surface area contributed by atoms with Crippen LogP contribution in [0.1, 0.15) is 32.1 Å². The van der Waals surface area contributed by atoms with Crippen LogP contribution in [0.5, 0.6) is 5.88 Å². The van der Waals surface area contributed by atoms with Crippen molar-refractivity contribution in [1.82, 2.24) is 14.9 Å². The molecular formula is C21H28N4O2. The van der Waals surface area contributed by atoms with Gasteiger partial charge in [-0.3, -0.25) is 4.90 Å². The molecule has 6 heteroatoms. The molecule has 6 nitrogen and oxygen atoms in total. The molecule has 0 amide bonds. The van der Waals surface area contributed by atoms with E-state index in [0.717, 1.165) is 56.2 Å². The third-order valence-corrected chi connectivity index (χ3v) is 6.27. The molecule has 3 aliphatic rings. The van der Waals surface area contributed by atoms with Crippen molar-refractivity contribution in [3.05, 3.63) is 24.5 Å². The Morgan fingerprint density at radius 2 is 1.85 bits per heavy atom. The third-order valence-electron chi connectivity index (χ3n) is 6.27. The fourth-order valence-electron chi connectivity index (χ4n) is 4.69. The van der Waals surface area contributed by atoms with E-state index in [1.54, 1.807) is 6.33 Å². The van der Waals surface area contributed by atoms with Crippen LogP contribution in [0.15, 0.2) is 24.5 Å². The maximum atomic E-state index is 6.11. The molecule has 0 spiro atoms. The molecule has 5 rings (SSSR count). The number of rotatable bonds is 4. The largest absolute Gasteiger partial charge is 0.471 e. The minimum absolute atomic E-state index is 0.0988. The smallest absolute Gasteiger partial charge is 0.224 e. The number of nitrogens with zero attached hydrogens (tertiary/aromatic N) is 4. The number of anilines is 1. The molecule has 0 radical (unpaired) electrons. The van der Waals surface area contributed by atoms with Gasteiger partial charge in [0.15, 0.2) is 0 Å². The van der Waals surface area contributed by atoms with Gasteiger partial charge < -0.3 is 14.4 Å². The fraction of sp³-hybridized carbons (Fsp3) is 0.619. The number of hydrogen-bond donors (Lipinski definition) is 0. The standard InChI is InChI=1S/C21H28N4O2/c1-2-4-16(3-1)24-8-10-25(11-9-24)17-5-6-20-19(13-17)21(23-15-22-20)27-18-7-12-26-14-18/h5-6,13,15-16,18H,1-4,7-12,14H2. The first-order valence-corrected chi connectivity index (χ1v) is 10.3. The molecule has 1 aromatic carbocycles. The lowest BCUT2D eigenvalue weighted by atomic mass is 10.1. The topological polar surface area (TPSA) is 50.7 Å². The zero-order chi connectivity index (χ0) is 18.1. The summed E-state index contributed by atoms with van der Waals surface area (Å²) in [6.45, 7) is 5.91. The molecule has 0 N–H and O–H groups in total. The van der Waals surface area contributed by atoms with E-state index in [0.29, 0.717) is 12.5 Å². The van der Waals surface area contributed by atoms with Crippen molar-refractivity contribution in [1.29, 1.82) is 0 Å². The van der Waals surface area contributed by atoms with Gasteiger partial charge in [0.2, 0.25) is 5.88 Å². The summed E-state index contributed by atoms with van der Waals surface area (Å²) in [6, 6.07) is 7.30. The molecule has 1 unspecified atom stereocenters. The third kappa shape index (κ3) is 3.60. The molecule has 144 valence electrons. The van der Waals surface area contributed by atoms with Crippen molar-refractivity contribution in [2.24, 2.45) is 0 Å². The van der Waals surface area contributed by atoms with Gasteiger partial charge in [-0.05, 0) is 31.0 Å². The van der Waals surface area contributed by atoms with E-state index < -0.39 is 0 Å². The van der Waals surface area contributed by atoms with Crippen molar-refractivity contribution >= 4 is 16.6 Å². The maximum Gasteiger partial charge on any atom is 0.224 e. The fourth-order valence-corrected chi connectivity index (χ4v) is 4.69. The van der Waals surface area contributed by atoms with Gasteiger partial charge in [0, 0.05) is 44.3 Å². The summed E-state index contributed by atoms with van der Waals surface area (Å²) in [5.74, 6) is 0.682. The summed E-state index contributed by atoms with van der Waals surface area (Å²) in [6.07, 6.45) is 8.20. The monoisotopic (exact) mass is 368 g/mol. The van der Waals surface area contributed by atoms with E-state index >= 15 is 0 Å². The summed E-state index contributed by atoms with van der Waals surface area (Å²) in [7, 11) is 0. The SMILES string of the molecule is c1nc(OC2CCOC2)c2cc(N3CCN(C4CCCC4)CC3)ccc2n1. The van der Waals surface area contributed by atoms with E-state index in [1.165, 1.54) is 31.4 Å². The Morgan fingerprint density at radius 1 is 1.00 bits per heavy atom. The van der Waals surface area contributed by atoms with Crippen LogP contribution in [0.3, 0.4) is 0 Å². The van der Waals surface area contributed by atoms with Crippen molar-refractivity contribution in [3.8, 4) is 5.88 Å². The predicted molar refractivity (Wildman–Crippen MR) is 105 cm³/mol. The lowest BCUT2D eigenvalue weighted by molar-refractivity contribution is 0.139. The van der Waals surface area contributed by atoms with E-state index in [4.69, 9.17) is 9.47 Å². The van der Waals surface area contributed by atoms with Crippen LogP contribution in [0.4, 0.5) is 5.69 Å². The van der Waals surface area contributed by atoms with Gasteiger partial charge in [0.25, 0.3) is 0 Å². The highest BCUT2D eigenvalue weighted by molar-refractivity contribution is 5.86. The molecule has 2 aromatic rings. The molecule has 2 aliphatic heterocycles. The average molecular weight is 368 g/mol. The van der Waals surface area contributed by atoms with Crippen molar-refractivity contribution in [2.45, 2.75) is 44.2 Å². The number of ether oxygens (including phenoxy) is 2. The highest BCUT2D eigenvalue weighted by Crippen LogP contribution is 2.30. The van der Waals surface area contributed by atoms with Gasteiger partial charge in [-0.2, -0.15) is 0 Å². The van der Waals surface area contributed by atoms with Crippen molar-refractivity contribution in [2.75, 3.05) is 44.3 Å². The van der Waals surface area contributed by atoms with Gasteiger partial charge in [0.1, 0.15) is 12.4 Å². The van der Waals surface area contributed by atoms with Gasteiger partial charge in [-0.15, -0.1) is 0 Å². The minimum Gasteiger partial charge on any atom is -0.471 e. The Bertz CT molecular complexity index is 779. The second kappa shape index (κ2) is 7.60. The second-order valence-corrected chi connectivity index (χ2v) is 7.95. The number of piperazine rings is 1. The van der Waals surface area contributed by atoms with Crippen LogP contribution in [-0.4, -0.2) is 66.4 Å². The first-order chi connectivity index (χ1) is 13.4. The molecule has 2 saturated heterocycles. The van der Waals surface area contributed by atoms with E-state index in [2.05, 4.69) is 38.0 Å². The normalized spacial score (nSPS) is 24.7. The van der Waals surface area contributed by atoms with Crippen molar-refractivity contribution in [3.63, 3.8) is 0 Å². The first-order valence-electron chi connectivity index (χ1n) is 10.3. The van der Waals surface area contributed by atoms with Gasteiger partial charge in [-0.25, -0.2) is 9.97 Å². The molecule has 1 aliphatic carbocycles. The Kier molecular flexibility index (Phi) is 4.84. The molecule has 1 aromatic heterocycles. The molecular weight excluding hydrogens is 340 g/mol. The number of aromatic nitrogens is 2. The second-order valence-electron chi connectivity index (χ2n) is 7.95. The van der Waals surface area contributed by atoms with Gasteiger partial charge in [0.05, 0.1) is 24.1 Å². The quantitative estimate of drug-likeness (QED) is 0.827. The van der Waals surface area contributed by atoms with Crippen LogP contribution < -0.4 is 9.64 Å². The van der Waals surface area contributed by atoms with E-state index in [9.17, 15) is 0 Å². The number of hydrogen-bond acceptors (Lipinski definition) is 6. The Labute approximate surface area is 160 Å². The van der Waals surface area contributed by atoms with E-state index in [1.807, 2.05) is 0 Å². The zero-order valence-corrected chi connectivity index (χ0v) is 15.8. The van der Waals surface area contributed by atoms with Crippen LogP contribution in [0, 0.1) is 0 Å². The molecule has 27 heavy (non-hydrogen) atoms. The highest BCUT2D eigenvalue weighted by Gasteiger charge is 2.26. The average Bonchev–Trinajstić information content (AvgIpc) is 3.42. The number of benzene rings is 1. The summed E-state index contributed by atoms with van der Waals surface area (Å²) in [4.78, 5) is 14.0. The zero-order valence-electron chi connectivity index (χ0n) is 15.8. The summed E-state index contributed by atoms with van der Waals surface area (Å²) >= 11 is 0. The van der Waals surface area contributed by atoms with Crippen LogP contribution in [0.25, 0.3) is 10.9 Å². The Morgan fingerprint density at radius 3 is 2.63 bits per heavy atom. The van der Waals surface area contributed by atoms with Crippen LogP contribution in [-0.2, 0) is 4.74 Å². The molecule has 3 heterocycles. The molecule has 1 saturated carbocycles. The highest BCUT2D eigenvalue weighted by atomic mass is 16.5. The van der Waals surface area contributed by atoms with Crippen molar-refractivity contribution < 1.29 is 9.47 Å². The lowest BCUT2D eigenvalue weighted by Gasteiger charge is -2.39. The summed E-state index contributed by atoms with van der Waals surface area (Å²) in [5, 5.41) is 1.00. The Hall–Kier alpha value is -1.92. The summed E-state index contributed by atoms with van der Waals surface area (Å²) < 4.78 is 11.5. The van der Waals surface area contributed by atoms with Crippen LogP contribution >= 0.6 is 0 Å². The minimum atomic E-state index is 0.0988. The van der Waals surface area contributed by atoms with Gasteiger partial charge >= 0.3 is 0 Å². The molecule has 1 atom stereocenters. The maximum absolute atomic E-state index is 6.11. The summed E-state index contributed by atoms with van der Waals surface area (Å²) in [5.41, 5.74) is 2.18. The van der Waals surface area contributed by atoms with E-state index in [-0.39, 0.29) is 6.10 Å². The van der Waals surface area contributed by atoms with Crippen LogP contribution in [0.2, 0.25) is 0 Å². The first kappa shape index (κ1) is 17.2.